The Bertz CT molecular complexity index is 2260. The van der Waals surface area contributed by atoms with Crippen LogP contribution >= 0.6 is 0 Å². The molecule has 4 aromatic carbocycles. The lowest BCUT2D eigenvalue weighted by Crippen LogP contribution is -2.61. The Labute approximate surface area is 341 Å². The number of ether oxygens (including phenoxy) is 7. The van der Waals surface area contributed by atoms with Gasteiger partial charge in [-0.2, -0.15) is 0 Å². The molecule has 2 saturated heterocycles. The van der Waals surface area contributed by atoms with Crippen molar-refractivity contribution < 1.29 is 43.4 Å². The Hall–Kier alpha value is -5.13. The normalized spacial score (nSPS) is 25.7. The van der Waals surface area contributed by atoms with Gasteiger partial charge in [0.1, 0.15) is 49.7 Å². The fraction of sp³-hybridized carbons (Fsp3) is 0.356. The molecule has 0 amide bonds. The van der Waals surface area contributed by atoms with E-state index < -0.39 is 67.4 Å². The van der Waals surface area contributed by atoms with Crippen molar-refractivity contribution in [3.8, 4) is 0 Å². The third-order valence-corrected chi connectivity index (χ3v) is 10.5. The first-order chi connectivity index (χ1) is 29.0. The number of aliphatic hydroxyl groups is 2. The highest BCUT2D eigenvalue weighted by Crippen LogP contribution is 2.38. The van der Waals surface area contributed by atoms with Crippen LogP contribution in [0, 0.1) is 0 Å². The van der Waals surface area contributed by atoms with Crippen LogP contribution in [0.15, 0.2) is 139 Å². The van der Waals surface area contributed by atoms with Crippen LogP contribution in [0.2, 0.25) is 0 Å². The van der Waals surface area contributed by atoms with Crippen molar-refractivity contribution in [2.24, 2.45) is 0 Å². The molecule has 2 fully saturated rings. The zero-order valence-electron chi connectivity index (χ0n) is 32.6. The van der Waals surface area contributed by atoms with Crippen LogP contribution in [0.25, 0.3) is 11.2 Å². The minimum absolute atomic E-state index is 0.0361. The molecule has 0 spiro atoms. The molecular formula is C45H48N4O10. The third kappa shape index (κ3) is 9.52. The summed E-state index contributed by atoms with van der Waals surface area (Å²) in [5.74, 6) is 0. The van der Waals surface area contributed by atoms with Gasteiger partial charge in [0.2, 0.25) is 0 Å². The molecule has 9 atom stereocenters. The molecule has 0 saturated carbocycles. The maximum absolute atomic E-state index is 13.6. The molecule has 4 heterocycles. The zero-order valence-corrected chi connectivity index (χ0v) is 32.6. The summed E-state index contributed by atoms with van der Waals surface area (Å²) in [6.45, 7) is 2.42. The summed E-state index contributed by atoms with van der Waals surface area (Å²) in [7, 11) is 0. The molecule has 2 aliphatic heterocycles. The monoisotopic (exact) mass is 804 g/mol. The van der Waals surface area contributed by atoms with E-state index in [1.807, 2.05) is 128 Å². The Balaban J connectivity index is 1.08. The molecular weight excluding hydrogens is 757 g/mol. The smallest absolute Gasteiger partial charge is 0.283 e. The maximum Gasteiger partial charge on any atom is 0.283 e. The van der Waals surface area contributed by atoms with Crippen molar-refractivity contribution in [2.75, 3.05) is 6.61 Å². The Morgan fingerprint density at radius 1 is 0.644 bits per heavy atom. The predicted octanol–water partition coefficient (Wildman–Crippen LogP) is 4.90. The average molecular weight is 805 g/mol. The highest BCUT2D eigenvalue weighted by atomic mass is 16.7. The summed E-state index contributed by atoms with van der Waals surface area (Å²) < 4.78 is 48.2. The van der Waals surface area contributed by atoms with Crippen LogP contribution in [0.4, 0.5) is 0 Å². The van der Waals surface area contributed by atoms with Crippen LogP contribution in [0.3, 0.4) is 0 Å². The van der Waals surface area contributed by atoms with E-state index in [0.717, 1.165) is 22.3 Å². The average Bonchev–Trinajstić information content (AvgIpc) is 3.84. The van der Waals surface area contributed by atoms with Gasteiger partial charge in [-0.25, -0.2) is 9.97 Å². The molecule has 0 aliphatic carbocycles. The highest BCUT2D eigenvalue weighted by Gasteiger charge is 2.53. The second-order valence-corrected chi connectivity index (χ2v) is 14.6. The van der Waals surface area contributed by atoms with Crippen molar-refractivity contribution in [1.29, 1.82) is 0 Å². The summed E-state index contributed by atoms with van der Waals surface area (Å²) in [6, 6.07) is 39.0. The minimum Gasteiger partial charge on any atom is -0.394 e. The van der Waals surface area contributed by atoms with Crippen LogP contribution < -0.4 is 5.56 Å². The molecule has 6 aromatic rings. The van der Waals surface area contributed by atoms with Crippen molar-refractivity contribution in [2.45, 2.75) is 95.3 Å². The fourth-order valence-corrected chi connectivity index (χ4v) is 7.43. The van der Waals surface area contributed by atoms with Crippen molar-refractivity contribution in [3.05, 3.63) is 167 Å². The van der Waals surface area contributed by atoms with Crippen molar-refractivity contribution in [3.63, 3.8) is 0 Å². The van der Waals surface area contributed by atoms with Crippen LogP contribution in [0.1, 0.15) is 35.4 Å². The van der Waals surface area contributed by atoms with Gasteiger partial charge in [-0.15, -0.1) is 0 Å². The van der Waals surface area contributed by atoms with Crippen molar-refractivity contribution in [1.82, 2.24) is 19.1 Å². The summed E-state index contributed by atoms with van der Waals surface area (Å²) in [5, 5.41) is 22.0. The SMILES string of the molecule is C[C@@H]1O[C@@H](O[C@@H]2[C@H](O)[C@@H](CO)O[C@H]2n2cnc3c(=O)n(COCc4ccccc4)cnc32)[C@@H](OCc2ccccc2)[C@H](OCc2ccccc2)[C@@H]1OCc1ccccc1. The third-order valence-electron chi connectivity index (χ3n) is 10.5. The van der Waals surface area contributed by atoms with E-state index in [4.69, 9.17) is 33.2 Å². The lowest BCUT2D eigenvalue weighted by atomic mass is 9.98. The van der Waals surface area contributed by atoms with Gasteiger partial charge in [0, 0.05) is 0 Å². The molecule has 14 nitrogen and oxygen atoms in total. The van der Waals surface area contributed by atoms with E-state index in [2.05, 4.69) is 9.97 Å². The van der Waals surface area contributed by atoms with Crippen LogP contribution in [-0.4, -0.2) is 84.9 Å². The summed E-state index contributed by atoms with van der Waals surface area (Å²) in [5.41, 5.74) is 3.68. The van der Waals surface area contributed by atoms with Gasteiger partial charge < -0.3 is 43.4 Å². The van der Waals surface area contributed by atoms with Gasteiger partial charge in [-0.1, -0.05) is 121 Å². The van der Waals surface area contributed by atoms with Crippen LogP contribution in [-0.2, 0) is 66.3 Å². The van der Waals surface area contributed by atoms with Gasteiger partial charge in [0.15, 0.2) is 23.7 Å². The molecule has 2 N–H and O–H groups in total. The molecule has 0 unspecified atom stereocenters. The Kier molecular flexibility index (Phi) is 13.3. The van der Waals surface area contributed by atoms with Gasteiger partial charge in [-0.05, 0) is 29.2 Å². The number of fused-ring (bicyclic) bond motifs is 1. The standard InChI is InChI=1S/C45H48N4O10/c1-30-38(54-24-32-16-8-3-9-17-32)40(55-25-33-18-10-4-11-19-33)41(56-26-34-20-12-5-13-21-34)45(57-30)59-39-37(51)35(22-50)58-44(39)49-28-46-36-42(49)47-27-48(43(36)52)29-53-23-31-14-6-2-7-15-31/h2-21,27-28,30,35,37-41,44-45,50-51H,22-26,29H2,1H3/t30-,35+,37+,38+,39+,40+,41-,44+,45-/m0/s1. The number of rotatable bonds is 17. The quantitative estimate of drug-likeness (QED) is 0.129. The number of aromatic nitrogens is 4. The lowest BCUT2D eigenvalue weighted by Gasteiger charge is -2.46. The van der Waals surface area contributed by atoms with E-state index in [1.165, 1.54) is 21.8 Å². The van der Waals surface area contributed by atoms with E-state index in [0.29, 0.717) is 13.2 Å². The number of aliphatic hydroxyl groups excluding tert-OH is 2. The predicted molar refractivity (Wildman–Crippen MR) is 214 cm³/mol. The number of benzene rings is 4. The van der Waals surface area contributed by atoms with E-state index >= 15 is 0 Å². The van der Waals surface area contributed by atoms with Gasteiger partial charge in [0.05, 0.1) is 45.5 Å². The zero-order chi connectivity index (χ0) is 40.6. The maximum atomic E-state index is 13.6. The van der Waals surface area contributed by atoms with Crippen LogP contribution in [0.5, 0.6) is 0 Å². The number of hydrogen-bond acceptors (Lipinski definition) is 12. The summed E-state index contributed by atoms with van der Waals surface area (Å²) in [4.78, 5) is 22.5. The first kappa shape index (κ1) is 40.6. The number of nitrogens with zero attached hydrogens (tertiary/aromatic N) is 4. The topological polar surface area (TPSA) is 158 Å². The first-order valence-corrected chi connectivity index (χ1v) is 19.7. The molecule has 14 heteroatoms. The Morgan fingerprint density at radius 2 is 1.17 bits per heavy atom. The number of hydrogen-bond donors (Lipinski definition) is 2. The van der Waals surface area contributed by atoms with Crippen molar-refractivity contribution >= 4 is 11.2 Å². The van der Waals surface area contributed by atoms with Gasteiger partial charge >= 0.3 is 0 Å². The largest absolute Gasteiger partial charge is 0.394 e. The second-order valence-electron chi connectivity index (χ2n) is 14.6. The Morgan fingerprint density at radius 3 is 1.73 bits per heavy atom. The minimum atomic E-state index is -1.32. The molecule has 8 rings (SSSR count). The molecule has 308 valence electrons. The second kappa shape index (κ2) is 19.3. The molecule has 2 aliphatic rings. The van der Waals surface area contributed by atoms with E-state index in [1.54, 1.807) is 0 Å². The number of imidazole rings is 1. The lowest BCUT2D eigenvalue weighted by molar-refractivity contribution is -0.335. The molecule has 0 radical (unpaired) electrons. The first-order valence-electron chi connectivity index (χ1n) is 19.7. The highest BCUT2D eigenvalue weighted by molar-refractivity contribution is 5.69. The van der Waals surface area contributed by atoms with Gasteiger partial charge in [-0.3, -0.25) is 13.9 Å². The fourth-order valence-electron chi connectivity index (χ4n) is 7.43. The van der Waals surface area contributed by atoms with E-state index in [-0.39, 0.29) is 31.1 Å². The van der Waals surface area contributed by atoms with E-state index in [9.17, 15) is 15.0 Å². The molecule has 2 aromatic heterocycles. The molecule has 59 heavy (non-hydrogen) atoms. The molecule has 0 bridgehead atoms. The summed E-state index contributed by atoms with van der Waals surface area (Å²) >= 11 is 0. The summed E-state index contributed by atoms with van der Waals surface area (Å²) in [6.07, 6.45) is -5.64. The van der Waals surface area contributed by atoms with Gasteiger partial charge in [0.25, 0.3) is 5.56 Å².